The van der Waals surface area contributed by atoms with Gasteiger partial charge in [-0.25, -0.2) is 4.68 Å². The van der Waals surface area contributed by atoms with Crippen molar-refractivity contribution in [1.29, 1.82) is 0 Å². The van der Waals surface area contributed by atoms with E-state index in [0.29, 0.717) is 5.69 Å². The highest BCUT2D eigenvalue weighted by atomic mass is 16.1. The van der Waals surface area contributed by atoms with Crippen LogP contribution < -0.4 is 27.4 Å². The summed E-state index contributed by atoms with van der Waals surface area (Å²) in [4.78, 5) is 12.9. The molecule has 6 N–H and O–H groups in total. The molecule has 0 saturated heterocycles. The van der Waals surface area contributed by atoms with Crippen LogP contribution in [-0.2, 0) is 7.05 Å². The van der Waals surface area contributed by atoms with Gasteiger partial charge in [-0.1, -0.05) is 18.2 Å². The highest BCUT2D eigenvalue weighted by Gasteiger charge is 2.16. The zero-order valence-corrected chi connectivity index (χ0v) is 15.2. The van der Waals surface area contributed by atoms with Crippen LogP contribution in [0.3, 0.4) is 0 Å². The van der Waals surface area contributed by atoms with Crippen LogP contribution in [0.1, 0.15) is 11.3 Å². The molecule has 0 bridgehead atoms. The summed E-state index contributed by atoms with van der Waals surface area (Å²) in [5.41, 5.74) is 14.3. The number of nitrogens with two attached hydrogens (primary N) is 2. The Labute approximate surface area is 156 Å². The van der Waals surface area contributed by atoms with E-state index in [1.807, 2.05) is 73.3 Å². The number of hydrogen-bond donors (Lipinski definition) is 4. The number of hydrazone groups is 1. The van der Waals surface area contributed by atoms with Crippen LogP contribution in [0.15, 0.2) is 64.5 Å². The summed E-state index contributed by atoms with van der Waals surface area (Å²) < 4.78 is 3.47. The minimum Gasteiger partial charge on any atom is -0.365 e. The van der Waals surface area contributed by atoms with Gasteiger partial charge in [0.15, 0.2) is 0 Å². The summed E-state index contributed by atoms with van der Waals surface area (Å²) in [6.45, 7) is 1.91. The largest absolute Gasteiger partial charge is 0.365 e. The Bertz CT molecular complexity index is 1040. The van der Waals surface area contributed by atoms with Crippen molar-refractivity contribution in [2.24, 2.45) is 23.6 Å². The second-order valence-electron chi connectivity index (χ2n) is 5.99. The van der Waals surface area contributed by atoms with Crippen LogP contribution in [0, 0.1) is 6.92 Å². The van der Waals surface area contributed by atoms with Crippen molar-refractivity contribution in [3.63, 3.8) is 0 Å². The minimum absolute atomic E-state index is 0.0428. The number of anilines is 2. The third kappa shape index (κ3) is 3.90. The van der Waals surface area contributed by atoms with Gasteiger partial charge >= 0.3 is 0 Å². The van der Waals surface area contributed by atoms with E-state index >= 15 is 0 Å². The normalized spacial score (nSPS) is 10.9. The molecule has 0 amide bonds. The molecule has 3 aromatic rings. The van der Waals surface area contributed by atoms with Gasteiger partial charge in [0.2, 0.25) is 6.21 Å². The fraction of sp³-hybridized carbons (Fsp3) is 0.105. The number of hydrogen-bond acceptors (Lipinski definition) is 3. The molecule has 0 unspecified atom stereocenters. The Hall–Kier alpha value is -3.81. The summed E-state index contributed by atoms with van der Waals surface area (Å²) in [5.74, 6) is -0.0428. The predicted octanol–water partition coefficient (Wildman–Crippen LogP) is -0.0841. The van der Waals surface area contributed by atoms with Crippen LogP contribution in [0.2, 0.25) is 0 Å². The predicted molar refractivity (Wildman–Crippen MR) is 107 cm³/mol. The first-order valence-electron chi connectivity index (χ1n) is 8.36. The Balaban J connectivity index is 1.87. The molecule has 0 atom stereocenters. The molecule has 0 saturated carbocycles. The van der Waals surface area contributed by atoms with E-state index in [9.17, 15) is 4.79 Å². The lowest BCUT2D eigenvalue weighted by Crippen LogP contribution is -2.63. The molecule has 0 aliphatic rings. The van der Waals surface area contributed by atoms with Gasteiger partial charge < -0.3 is 16.8 Å². The smallest absolute Gasteiger partial charge is 0.295 e. The number of aromatic nitrogens is 2. The Morgan fingerprint density at radius 3 is 2.41 bits per heavy atom. The minimum atomic E-state index is -0.105. The maximum absolute atomic E-state index is 12.9. The molecule has 0 aliphatic heterocycles. The molecule has 2 aromatic carbocycles. The lowest BCUT2D eigenvalue weighted by atomic mass is 10.2. The van der Waals surface area contributed by atoms with Crippen molar-refractivity contribution in [3.05, 3.63) is 76.2 Å². The second-order valence-corrected chi connectivity index (χ2v) is 5.99. The number of guanidine groups is 1. The fourth-order valence-electron chi connectivity index (χ4n) is 2.70. The second kappa shape index (κ2) is 7.61. The summed E-state index contributed by atoms with van der Waals surface area (Å²) in [5, 5.41) is 9.55. The average molecular weight is 364 g/mol. The van der Waals surface area contributed by atoms with Crippen LogP contribution in [-0.4, -0.2) is 21.5 Å². The van der Waals surface area contributed by atoms with Crippen molar-refractivity contribution in [2.75, 3.05) is 5.32 Å². The van der Waals surface area contributed by atoms with Crippen LogP contribution in [0.25, 0.3) is 5.69 Å². The van der Waals surface area contributed by atoms with Gasteiger partial charge in [-0.15, -0.1) is 5.10 Å². The van der Waals surface area contributed by atoms with Gasteiger partial charge in [0.05, 0.1) is 11.4 Å². The Morgan fingerprint density at radius 2 is 1.78 bits per heavy atom. The van der Waals surface area contributed by atoms with Gasteiger partial charge in [-0.05, 0) is 43.3 Å². The van der Waals surface area contributed by atoms with Gasteiger partial charge in [-0.3, -0.25) is 9.48 Å². The van der Waals surface area contributed by atoms with E-state index in [2.05, 4.69) is 15.5 Å². The van der Waals surface area contributed by atoms with Gasteiger partial charge in [-0.2, -0.15) is 0 Å². The molecule has 3 rings (SSSR count). The average Bonchev–Trinajstić information content (AvgIpc) is 2.87. The highest BCUT2D eigenvalue weighted by Crippen LogP contribution is 2.19. The lowest BCUT2D eigenvalue weighted by molar-refractivity contribution is -0.456. The van der Waals surface area contributed by atoms with Gasteiger partial charge in [0, 0.05) is 23.4 Å². The third-order valence-corrected chi connectivity index (χ3v) is 4.16. The van der Waals surface area contributed by atoms with Crippen molar-refractivity contribution in [1.82, 2.24) is 9.36 Å². The van der Waals surface area contributed by atoms with Crippen molar-refractivity contribution in [3.8, 4) is 5.69 Å². The van der Waals surface area contributed by atoms with E-state index in [1.54, 1.807) is 10.9 Å². The zero-order chi connectivity index (χ0) is 19.4. The van der Waals surface area contributed by atoms with Crippen LogP contribution >= 0.6 is 0 Å². The Kier molecular flexibility index (Phi) is 5.07. The summed E-state index contributed by atoms with van der Waals surface area (Å²) in [6, 6.07) is 17.0. The number of rotatable bonds is 5. The standard InChI is InChI=1S/C19H21N7O/c1-13-17(18(27)26(25(13)2)16-6-4-3-5-7-16)23-15-10-8-14(9-11-15)12-22-24-19(20)21/h3-12,23H,1-2H3,(H4,20,21,24)/p+1. The summed E-state index contributed by atoms with van der Waals surface area (Å²) in [7, 11) is 1.86. The topological polar surface area (TPSA) is 117 Å². The first-order chi connectivity index (χ1) is 13.0. The number of para-hydroxylation sites is 1. The van der Waals surface area contributed by atoms with Crippen LogP contribution in [0.4, 0.5) is 11.4 Å². The van der Waals surface area contributed by atoms with E-state index < -0.39 is 0 Å². The summed E-state index contributed by atoms with van der Waals surface area (Å²) in [6.07, 6.45) is 1.67. The van der Waals surface area contributed by atoms with E-state index in [4.69, 9.17) is 11.5 Å². The third-order valence-electron chi connectivity index (χ3n) is 4.16. The lowest BCUT2D eigenvalue weighted by Gasteiger charge is -2.07. The molecular weight excluding hydrogens is 342 g/mol. The summed E-state index contributed by atoms with van der Waals surface area (Å²) >= 11 is 0. The van der Waals surface area contributed by atoms with Gasteiger partial charge in [0.25, 0.3) is 11.5 Å². The monoisotopic (exact) mass is 364 g/mol. The molecule has 1 heterocycles. The molecule has 27 heavy (non-hydrogen) atoms. The SMILES string of the molecule is Cc1c(Nc2ccc(C=[NH+]N=C(N)N)cc2)c(=O)n(-c2ccccc2)n1C. The molecule has 0 radical (unpaired) electrons. The first kappa shape index (κ1) is 18.0. The van der Waals surface area contributed by atoms with E-state index in [0.717, 1.165) is 22.6 Å². The molecule has 1 aromatic heterocycles. The number of nitrogens with one attached hydrogen (secondary N) is 2. The maximum atomic E-state index is 12.9. The number of benzene rings is 2. The first-order valence-corrected chi connectivity index (χ1v) is 8.36. The van der Waals surface area contributed by atoms with E-state index in [1.165, 1.54) is 0 Å². The molecule has 0 aliphatic carbocycles. The van der Waals surface area contributed by atoms with Crippen molar-refractivity contribution >= 4 is 23.5 Å². The van der Waals surface area contributed by atoms with Gasteiger partial charge in [0.1, 0.15) is 5.69 Å². The molecule has 0 spiro atoms. The molecule has 8 nitrogen and oxygen atoms in total. The van der Waals surface area contributed by atoms with Crippen molar-refractivity contribution < 1.29 is 5.10 Å². The quantitative estimate of drug-likeness (QED) is 0.288. The number of nitrogens with zero attached hydrogens (tertiary/aromatic N) is 3. The molecule has 138 valence electrons. The van der Waals surface area contributed by atoms with Crippen LogP contribution in [0.5, 0.6) is 0 Å². The maximum Gasteiger partial charge on any atom is 0.295 e. The molecule has 8 heteroatoms. The Morgan fingerprint density at radius 1 is 1.11 bits per heavy atom. The fourth-order valence-corrected chi connectivity index (χ4v) is 2.70. The molecular formula is C19H22N7O+. The van der Waals surface area contributed by atoms with E-state index in [-0.39, 0.29) is 11.5 Å². The highest BCUT2D eigenvalue weighted by molar-refractivity contribution is 5.78. The van der Waals surface area contributed by atoms with Crippen molar-refractivity contribution in [2.45, 2.75) is 6.92 Å². The molecule has 0 fully saturated rings. The zero-order valence-electron chi connectivity index (χ0n) is 15.2.